The second-order valence-corrected chi connectivity index (χ2v) is 5.69. The van der Waals surface area contributed by atoms with Gasteiger partial charge in [-0.15, -0.1) is 0 Å². The molecular formula is C16H17N5OS. The zero-order chi connectivity index (χ0) is 16.4. The molecule has 0 aliphatic carbocycles. The van der Waals surface area contributed by atoms with Crippen LogP contribution in [0.1, 0.15) is 11.5 Å². The zero-order valence-electron chi connectivity index (χ0n) is 13.1. The van der Waals surface area contributed by atoms with E-state index in [9.17, 15) is 0 Å². The van der Waals surface area contributed by atoms with Crippen molar-refractivity contribution in [1.29, 1.82) is 0 Å². The number of benzene rings is 1. The number of aryl methyl sites for hydroxylation is 1. The predicted octanol–water partition coefficient (Wildman–Crippen LogP) is 3.46. The first kappa shape index (κ1) is 15.2. The van der Waals surface area contributed by atoms with E-state index in [1.165, 1.54) is 0 Å². The number of H-pyrrole nitrogens is 1. The minimum absolute atomic E-state index is 0.427. The van der Waals surface area contributed by atoms with Crippen molar-refractivity contribution in [2.75, 3.05) is 19.0 Å². The Bertz CT molecular complexity index is 886. The van der Waals surface area contributed by atoms with Gasteiger partial charge in [-0.05, 0) is 55.5 Å². The van der Waals surface area contributed by atoms with Crippen LogP contribution in [0.25, 0.3) is 11.4 Å². The minimum Gasteiger partial charge on any atom is -0.460 e. The van der Waals surface area contributed by atoms with Crippen molar-refractivity contribution in [2.24, 2.45) is 5.10 Å². The van der Waals surface area contributed by atoms with Crippen molar-refractivity contribution in [3.63, 3.8) is 0 Å². The summed E-state index contributed by atoms with van der Waals surface area (Å²) in [7, 11) is 4.00. The summed E-state index contributed by atoms with van der Waals surface area (Å²) in [4.78, 5) is 2.04. The molecule has 0 aliphatic heterocycles. The third-order valence-corrected chi connectivity index (χ3v) is 3.62. The summed E-state index contributed by atoms with van der Waals surface area (Å²) >= 11 is 5.25. The Labute approximate surface area is 139 Å². The van der Waals surface area contributed by atoms with E-state index in [-0.39, 0.29) is 0 Å². The van der Waals surface area contributed by atoms with Gasteiger partial charge < -0.3 is 9.32 Å². The number of furan rings is 1. The van der Waals surface area contributed by atoms with E-state index in [0.717, 1.165) is 17.0 Å². The molecule has 0 spiro atoms. The molecule has 2 heterocycles. The number of anilines is 1. The molecular weight excluding hydrogens is 310 g/mol. The molecule has 23 heavy (non-hydrogen) atoms. The summed E-state index contributed by atoms with van der Waals surface area (Å²) in [5.41, 5.74) is 2.04. The zero-order valence-corrected chi connectivity index (χ0v) is 14.0. The van der Waals surface area contributed by atoms with Gasteiger partial charge in [0.05, 0.1) is 6.21 Å². The highest BCUT2D eigenvalue weighted by Gasteiger charge is 2.08. The Morgan fingerprint density at radius 1 is 1.22 bits per heavy atom. The lowest BCUT2D eigenvalue weighted by atomic mass is 10.2. The van der Waals surface area contributed by atoms with Gasteiger partial charge in [0.25, 0.3) is 0 Å². The molecule has 0 saturated carbocycles. The first-order valence-corrected chi connectivity index (χ1v) is 7.51. The van der Waals surface area contributed by atoms with E-state index in [1.807, 2.05) is 62.3 Å². The smallest absolute Gasteiger partial charge is 0.216 e. The largest absolute Gasteiger partial charge is 0.460 e. The molecule has 0 saturated heterocycles. The third-order valence-electron chi connectivity index (χ3n) is 3.35. The normalized spacial score (nSPS) is 11.3. The molecule has 2 aromatic heterocycles. The van der Waals surface area contributed by atoms with Crippen LogP contribution in [0.2, 0.25) is 0 Å². The van der Waals surface area contributed by atoms with Crippen molar-refractivity contribution in [3.8, 4) is 11.4 Å². The fraction of sp³-hybridized carbons (Fsp3) is 0.188. The van der Waals surface area contributed by atoms with E-state index >= 15 is 0 Å². The summed E-state index contributed by atoms with van der Waals surface area (Å²) < 4.78 is 7.48. The average molecular weight is 327 g/mol. The van der Waals surface area contributed by atoms with E-state index in [1.54, 1.807) is 10.9 Å². The number of nitrogens with one attached hydrogen (secondary N) is 1. The van der Waals surface area contributed by atoms with Gasteiger partial charge in [0, 0.05) is 25.3 Å². The summed E-state index contributed by atoms with van der Waals surface area (Å²) in [5.74, 6) is 2.15. The topological polar surface area (TPSA) is 62.4 Å². The Hall–Kier alpha value is -2.67. The average Bonchev–Trinajstić information content (AvgIpc) is 3.11. The maximum absolute atomic E-state index is 5.48. The predicted molar refractivity (Wildman–Crippen MR) is 93.6 cm³/mol. The fourth-order valence-electron chi connectivity index (χ4n) is 2.13. The molecule has 0 radical (unpaired) electrons. The van der Waals surface area contributed by atoms with Crippen LogP contribution < -0.4 is 4.90 Å². The van der Waals surface area contributed by atoms with Gasteiger partial charge >= 0.3 is 0 Å². The highest BCUT2D eigenvalue weighted by molar-refractivity contribution is 7.71. The summed E-state index contributed by atoms with van der Waals surface area (Å²) in [5, 5.41) is 11.4. The van der Waals surface area contributed by atoms with Gasteiger partial charge in [-0.2, -0.15) is 14.9 Å². The highest BCUT2D eigenvalue weighted by atomic mass is 32.1. The van der Waals surface area contributed by atoms with E-state index in [2.05, 4.69) is 15.3 Å². The van der Waals surface area contributed by atoms with Gasteiger partial charge in [-0.1, -0.05) is 0 Å². The quantitative estimate of drug-likeness (QED) is 0.589. The van der Waals surface area contributed by atoms with Gasteiger partial charge in [0.15, 0.2) is 5.82 Å². The van der Waals surface area contributed by atoms with Crippen molar-refractivity contribution in [2.45, 2.75) is 6.92 Å². The lowest BCUT2D eigenvalue weighted by Crippen LogP contribution is -2.08. The van der Waals surface area contributed by atoms with Crippen LogP contribution >= 0.6 is 12.2 Å². The van der Waals surface area contributed by atoms with Gasteiger partial charge in [0.2, 0.25) is 4.77 Å². The Kier molecular flexibility index (Phi) is 4.12. The van der Waals surface area contributed by atoms with Crippen LogP contribution in [0.3, 0.4) is 0 Å². The lowest BCUT2D eigenvalue weighted by Gasteiger charge is -2.12. The molecule has 0 amide bonds. The summed E-state index contributed by atoms with van der Waals surface area (Å²) in [6, 6.07) is 11.8. The Morgan fingerprint density at radius 2 is 1.96 bits per heavy atom. The van der Waals surface area contributed by atoms with Crippen molar-refractivity contribution in [1.82, 2.24) is 14.9 Å². The molecule has 7 heteroatoms. The number of rotatable bonds is 4. The van der Waals surface area contributed by atoms with E-state index in [0.29, 0.717) is 16.4 Å². The maximum atomic E-state index is 5.48. The molecule has 0 atom stereocenters. The van der Waals surface area contributed by atoms with Crippen LogP contribution in [0, 0.1) is 11.7 Å². The maximum Gasteiger partial charge on any atom is 0.216 e. The SMILES string of the molecule is Cc1ccc(C=Nn2c(-c3ccc(N(C)C)cc3)n[nH]c2=S)o1. The first-order valence-electron chi connectivity index (χ1n) is 7.10. The number of hydrogen-bond donors (Lipinski definition) is 1. The Morgan fingerprint density at radius 3 is 2.57 bits per heavy atom. The molecule has 1 aromatic carbocycles. The molecule has 3 aromatic rings. The second-order valence-electron chi connectivity index (χ2n) is 5.30. The summed E-state index contributed by atoms with van der Waals surface area (Å²) in [6.07, 6.45) is 1.62. The standard InChI is InChI=1S/C16H17N5OS/c1-11-4-9-14(22-11)10-17-21-15(18-19-16(21)23)12-5-7-13(8-6-12)20(2)3/h4-10H,1-3H3,(H,19,23). The molecule has 6 nitrogen and oxygen atoms in total. The first-order chi connectivity index (χ1) is 11.0. The Balaban J connectivity index is 1.95. The molecule has 0 unspecified atom stereocenters. The molecule has 118 valence electrons. The van der Waals surface area contributed by atoms with Crippen molar-refractivity contribution in [3.05, 3.63) is 52.7 Å². The second kappa shape index (κ2) is 6.21. The van der Waals surface area contributed by atoms with Crippen LogP contribution in [0.4, 0.5) is 5.69 Å². The monoisotopic (exact) mass is 327 g/mol. The van der Waals surface area contributed by atoms with Crippen LogP contribution in [0.5, 0.6) is 0 Å². The molecule has 3 rings (SSSR count). The van der Waals surface area contributed by atoms with Crippen molar-refractivity contribution >= 4 is 24.1 Å². The van der Waals surface area contributed by atoms with Crippen LogP contribution in [-0.4, -0.2) is 35.2 Å². The highest BCUT2D eigenvalue weighted by Crippen LogP contribution is 2.21. The van der Waals surface area contributed by atoms with Crippen molar-refractivity contribution < 1.29 is 4.42 Å². The molecule has 0 fully saturated rings. The van der Waals surface area contributed by atoms with Gasteiger partial charge in [-0.3, -0.25) is 0 Å². The fourth-order valence-corrected chi connectivity index (χ4v) is 2.31. The minimum atomic E-state index is 0.427. The lowest BCUT2D eigenvalue weighted by molar-refractivity contribution is 0.527. The summed E-state index contributed by atoms with van der Waals surface area (Å²) in [6.45, 7) is 1.89. The van der Waals surface area contributed by atoms with Crippen LogP contribution in [-0.2, 0) is 0 Å². The molecule has 1 N–H and O–H groups in total. The number of aromatic amines is 1. The number of nitrogens with zero attached hydrogens (tertiary/aromatic N) is 4. The molecule has 0 aliphatic rings. The number of aromatic nitrogens is 3. The van der Waals surface area contributed by atoms with Crippen LogP contribution in [0.15, 0.2) is 45.9 Å². The third kappa shape index (κ3) is 3.24. The van der Waals surface area contributed by atoms with E-state index < -0.39 is 0 Å². The van der Waals surface area contributed by atoms with Gasteiger partial charge in [-0.25, -0.2) is 5.10 Å². The molecule has 0 bridgehead atoms. The number of hydrogen-bond acceptors (Lipinski definition) is 5. The van der Waals surface area contributed by atoms with Gasteiger partial charge in [0.1, 0.15) is 11.5 Å². The van der Waals surface area contributed by atoms with E-state index in [4.69, 9.17) is 16.6 Å².